The van der Waals surface area contributed by atoms with Gasteiger partial charge in [0.25, 0.3) is 5.91 Å². The minimum absolute atomic E-state index is 0.0475. The van der Waals surface area contributed by atoms with Gasteiger partial charge in [0.05, 0.1) is 30.6 Å². The summed E-state index contributed by atoms with van der Waals surface area (Å²) in [5.74, 6) is -1.57. The standard InChI is InChI=1S/C23H25N5O5/c1-30-18-11-14-15(12-19(18)31-2)25-23(26-21(14)24)28-9-7-27(8-10-28)22(29)20-13-32-16-5-3-4-6-17(16)33-20/h3-6,11-12,20H,7-10,13H2,1-2H3,(H2,24,25,26)/i1D3,2D3,11D,12D/hD2. The Balaban J connectivity index is 1.45. The van der Waals surface area contributed by atoms with Gasteiger partial charge in [-0.2, -0.15) is 4.98 Å². The summed E-state index contributed by atoms with van der Waals surface area (Å²) in [6.45, 7) is 0.900. The van der Waals surface area contributed by atoms with Gasteiger partial charge in [0.2, 0.25) is 12.1 Å². The fourth-order valence-corrected chi connectivity index (χ4v) is 3.73. The van der Waals surface area contributed by atoms with Gasteiger partial charge in [-0.15, -0.1) is 0 Å². The van der Waals surface area contributed by atoms with Crippen LogP contribution in [0.4, 0.5) is 11.8 Å². The van der Waals surface area contributed by atoms with Crippen molar-refractivity contribution >= 4 is 28.6 Å². The van der Waals surface area contributed by atoms with Crippen molar-refractivity contribution in [2.45, 2.75) is 6.10 Å². The number of hydrogen-bond acceptors (Lipinski definition) is 9. The Morgan fingerprint density at radius 2 is 1.91 bits per heavy atom. The van der Waals surface area contributed by atoms with Crippen molar-refractivity contribution in [3.8, 4) is 23.0 Å². The molecule has 3 aromatic rings. The maximum Gasteiger partial charge on any atom is 0.267 e. The number of benzene rings is 2. The fourth-order valence-electron chi connectivity index (χ4n) is 3.73. The Kier molecular flexibility index (Phi) is 3.19. The minimum atomic E-state index is -3.15. The van der Waals surface area contributed by atoms with E-state index in [-0.39, 0.29) is 61.3 Å². The quantitative estimate of drug-likeness (QED) is 0.607. The van der Waals surface area contributed by atoms with Crippen LogP contribution >= 0.6 is 0 Å². The number of nitrogens with two attached hydrogens (primary N) is 1. The van der Waals surface area contributed by atoms with E-state index in [0.717, 1.165) is 0 Å². The van der Waals surface area contributed by atoms with Gasteiger partial charge in [-0.1, -0.05) is 12.1 Å². The van der Waals surface area contributed by atoms with Gasteiger partial charge in [0.1, 0.15) is 12.4 Å². The number of anilines is 2. The number of carbonyl (C=O) groups excluding carboxylic acids is 1. The molecule has 0 aliphatic carbocycles. The van der Waals surface area contributed by atoms with E-state index in [2.05, 4.69) is 9.97 Å². The molecule has 0 spiro atoms. The summed E-state index contributed by atoms with van der Waals surface area (Å²) in [6, 6.07) is 5.50. The number of amides is 1. The van der Waals surface area contributed by atoms with Crippen molar-refractivity contribution in [2.24, 2.45) is 0 Å². The van der Waals surface area contributed by atoms with Crippen molar-refractivity contribution in [1.29, 1.82) is 0 Å². The molecule has 2 aliphatic rings. The van der Waals surface area contributed by atoms with Crippen LogP contribution in [0.25, 0.3) is 10.9 Å². The fraction of sp³-hybridized carbons (Fsp3) is 0.348. The van der Waals surface area contributed by atoms with Gasteiger partial charge >= 0.3 is 0 Å². The molecule has 1 unspecified atom stereocenters. The molecule has 3 heterocycles. The first-order valence-corrected chi connectivity index (χ1v) is 10.1. The molecule has 10 nitrogen and oxygen atoms in total. The summed E-state index contributed by atoms with van der Waals surface area (Å²) in [6.07, 6.45) is -0.838. The van der Waals surface area contributed by atoms with Crippen LogP contribution < -0.4 is 29.6 Å². The lowest BCUT2D eigenvalue weighted by Crippen LogP contribution is -2.54. The maximum absolute atomic E-state index is 13.1. The average molecular weight is 462 g/mol. The number of rotatable bonds is 5. The van der Waals surface area contributed by atoms with E-state index >= 15 is 0 Å². The molecule has 2 aliphatic heterocycles. The predicted molar refractivity (Wildman–Crippen MR) is 122 cm³/mol. The Labute approximate surface area is 205 Å². The van der Waals surface area contributed by atoms with Crippen LogP contribution in [0.1, 0.15) is 11.0 Å². The molecule has 1 amide bonds. The van der Waals surface area contributed by atoms with Gasteiger partial charge in [-0.3, -0.25) is 4.79 Å². The van der Waals surface area contributed by atoms with Crippen LogP contribution in [0.15, 0.2) is 36.4 Å². The van der Waals surface area contributed by atoms with Crippen LogP contribution in [0, 0.1) is 0 Å². The molecule has 10 heteroatoms. The molecule has 2 aromatic carbocycles. The second kappa shape index (κ2) is 8.53. The SMILES string of the molecule is [2H]c1c(OC([2H])([2H])[2H])c(OC([2H])([2H])[2H])c([2H])c2c(N([2H])[2H])nc(N3CCN(C(=O)C4COc5ccccc5O4)CC3)nc12. The Morgan fingerprint density at radius 3 is 2.67 bits per heavy atom. The van der Waals surface area contributed by atoms with E-state index in [1.807, 2.05) is 0 Å². The van der Waals surface area contributed by atoms with Crippen LogP contribution in [0.5, 0.6) is 23.0 Å². The third kappa shape index (κ3) is 3.88. The number of aromatic nitrogens is 2. The lowest BCUT2D eigenvalue weighted by molar-refractivity contribution is -0.141. The van der Waals surface area contributed by atoms with Gasteiger partial charge in [0, 0.05) is 37.6 Å². The highest BCUT2D eigenvalue weighted by Crippen LogP contribution is 2.34. The van der Waals surface area contributed by atoms with Crippen LogP contribution in [0.2, 0.25) is 2.82 Å². The molecule has 1 fully saturated rings. The number of piperazine rings is 1. The van der Waals surface area contributed by atoms with Crippen LogP contribution in [0.3, 0.4) is 0 Å². The normalized spacial score (nSPS) is 22.7. The van der Waals surface area contributed by atoms with Crippen molar-refractivity contribution in [2.75, 3.05) is 57.5 Å². The monoisotopic (exact) mass is 461 g/mol. The van der Waals surface area contributed by atoms with E-state index in [9.17, 15) is 4.79 Å². The Bertz CT molecular complexity index is 1550. The molecule has 0 radical (unpaired) electrons. The highest BCUT2D eigenvalue weighted by molar-refractivity contribution is 5.91. The van der Waals surface area contributed by atoms with E-state index in [1.54, 1.807) is 34.1 Å². The Morgan fingerprint density at radius 1 is 1.15 bits per heavy atom. The zero-order chi connectivity index (χ0) is 31.3. The molecular weight excluding hydrogens is 426 g/mol. The average Bonchev–Trinajstić information content (AvgIpc) is 2.95. The molecule has 0 bridgehead atoms. The number of nitrogen functional groups attached to an aromatic ring is 1. The van der Waals surface area contributed by atoms with Gasteiger partial charge in [-0.05, 0) is 18.2 Å². The van der Waals surface area contributed by atoms with Crippen molar-refractivity contribution < 1.29 is 37.5 Å². The molecule has 1 aromatic heterocycles. The third-order valence-electron chi connectivity index (χ3n) is 5.42. The first-order chi connectivity index (χ1) is 20.1. The van der Waals surface area contributed by atoms with E-state index in [0.29, 0.717) is 11.5 Å². The molecule has 0 saturated carbocycles. The molecule has 1 saturated heterocycles. The number of hydrogen-bond donors (Lipinski definition) is 1. The van der Waals surface area contributed by atoms with E-state index in [1.165, 1.54) is 0 Å². The van der Waals surface area contributed by atoms with E-state index < -0.39 is 49.6 Å². The molecule has 33 heavy (non-hydrogen) atoms. The molecule has 1 atom stereocenters. The first-order valence-electron chi connectivity index (χ1n) is 15.0. The van der Waals surface area contributed by atoms with Gasteiger partial charge in [0.15, 0.2) is 25.8 Å². The second-order valence-corrected chi connectivity index (χ2v) is 7.36. The van der Waals surface area contributed by atoms with E-state index in [4.69, 9.17) is 32.7 Å². The molecule has 5 rings (SSSR count). The van der Waals surface area contributed by atoms with Gasteiger partial charge in [-0.25, -0.2) is 4.98 Å². The molecule has 172 valence electrons. The summed E-state index contributed by atoms with van der Waals surface area (Å²) in [7, 11) is -6.29. The highest BCUT2D eigenvalue weighted by Gasteiger charge is 2.33. The molecular formula is C23H25N5O5. The number of methoxy groups -OCH3 is 2. The number of fused-ring (bicyclic) bond motifs is 2. The summed E-state index contributed by atoms with van der Waals surface area (Å²) in [5, 5.41) is -0.389. The van der Waals surface area contributed by atoms with Crippen molar-refractivity contribution in [3.63, 3.8) is 0 Å². The largest absolute Gasteiger partial charge is 0.493 e. The minimum Gasteiger partial charge on any atom is -0.493 e. The Hall–Kier alpha value is -3.95. The zero-order valence-electron chi connectivity index (χ0n) is 27.2. The summed E-state index contributed by atoms with van der Waals surface area (Å²) in [5.41, 5.74) is -0.302. The first kappa shape index (κ1) is 12.3. The summed E-state index contributed by atoms with van der Waals surface area (Å²) in [4.78, 5) is 24.9. The smallest absolute Gasteiger partial charge is 0.267 e. The number of para-hydroxylation sites is 2. The van der Waals surface area contributed by atoms with Crippen molar-refractivity contribution in [3.05, 3.63) is 36.4 Å². The van der Waals surface area contributed by atoms with Crippen molar-refractivity contribution in [1.82, 2.24) is 14.9 Å². The second-order valence-electron chi connectivity index (χ2n) is 7.36. The van der Waals surface area contributed by atoms with Crippen LogP contribution in [-0.2, 0) is 4.79 Å². The van der Waals surface area contributed by atoms with Crippen LogP contribution in [-0.4, -0.2) is 73.7 Å². The highest BCUT2D eigenvalue weighted by atomic mass is 16.6. The predicted octanol–water partition coefficient (Wildman–Crippen LogP) is 1.72. The zero-order valence-corrected chi connectivity index (χ0v) is 17.2. The summed E-state index contributed by atoms with van der Waals surface area (Å²) < 4.78 is 98.8. The lowest BCUT2D eigenvalue weighted by Gasteiger charge is -2.37. The number of nitrogens with zero attached hydrogens (tertiary/aromatic N) is 4. The topological polar surface area (TPSA) is 112 Å². The number of carbonyl (C=O) groups is 1. The van der Waals surface area contributed by atoms with Gasteiger partial charge < -0.3 is 34.5 Å². The molecule has 2 N–H and O–H groups in total. The maximum atomic E-state index is 13.1. The lowest BCUT2D eigenvalue weighted by atomic mass is 10.2. The number of ether oxygens (including phenoxy) is 4. The third-order valence-corrected chi connectivity index (χ3v) is 5.42. The summed E-state index contributed by atoms with van der Waals surface area (Å²) >= 11 is 0.